The number of carboxylic acid groups (broad SMARTS) is 1. The highest BCUT2D eigenvalue weighted by Gasteiger charge is 2.30. The summed E-state index contributed by atoms with van der Waals surface area (Å²) in [6.07, 6.45) is 13.9. The number of aromatic nitrogens is 3. The summed E-state index contributed by atoms with van der Waals surface area (Å²) >= 11 is 0. The van der Waals surface area contributed by atoms with Crippen LogP contribution in [0.25, 0.3) is 32.7 Å². The summed E-state index contributed by atoms with van der Waals surface area (Å²) < 4.78 is 56.0. The number of amides is 3. The van der Waals surface area contributed by atoms with Crippen LogP contribution in [-0.2, 0) is 24.1 Å². The largest absolute Gasteiger partial charge is 0.496 e. The monoisotopic (exact) mass is 1230 g/mol. The molecule has 3 aliphatic rings. The summed E-state index contributed by atoms with van der Waals surface area (Å²) in [6, 6.07) is 34.2. The number of likely N-dealkylation sites (N-methyl/N-ethyl adjacent to an activating group) is 1. The zero-order valence-corrected chi connectivity index (χ0v) is 51.3. The van der Waals surface area contributed by atoms with Crippen molar-refractivity contribution in [3.63, 3.8) is 0 Å². The Labute approximate surface area is 520 Å². The molecule has 3 fully saturated rings. The number of carbonyl (C=O) groups is 5. The number of fused-ring (bicyclic) bond motifs is 3. The number of rotatable bonds is 14. The molecule has 0 saturated carbocycles. The fourth-order valence-corrected chi connectivity index (χ4v) is 11.9. The Hall–Kier alpha value is -9.56. The Morgan fingerprint density at radius 1 is 0.533 bits per heavy atom. The molecule has 17 nitrogen and oxygen atoms in total. The van der Waals surface area contributed by atoms with Crippen LogP contribution in [0.1, 0.15) is 96.6 Å². The van der Waals surface area contributed by atoms with Gasteiger partial charge in [-0.15, -0.1) is 0 Å². The van der Waals surface area contributed by atoms with E-state index < -0.39 is 17.7 Å². The van der Waals surface area contributed by atoms with E-state index >= 15 is 0 Å². The molecule has 6 N–H and O–H groups in total. The summed E-state index contributed by atoms with van der Waals surface area (Å²) in [5.74, 6) is 5.93. The number of nitrogens with zero attached hydrogens (tertiary/aromatic N) is 4. The number of piperidine rings is 3. The SMILES string of the molecule is COc1cc2[nH]ccc2cc1C(=O)N1CCC(Cc2ccc(F)cc2)CC1.COc1cc2[nH]ccc2cc1C(=O)O.COc1cc2c(cc1C(=O)N1CCC(Cc3ccc(F)cc3)CC1)c(C(=O)C(=O)N(C)C)cn2N.Fc1ccc(CC2CCNCC2)cc1. The number of ether oxygens (including phenoxy) is 3. The van der Waals surface area contributed by atoms with Crippen molar-refractivity contribution in [1.29, 1.82) is 0 Å². The molecule has 472 valence electrons. The van der Waals surface area contributed by atoms with Crippen LogP contribution in [0.3, 0.4) is 0 Å². The average Bonchev–Trinajstić information content (AvgIpc) is 1.72. The zero-order chi connectivity index (χ0) is 64.0. The van der Waals surface area contributed by atoms with Gasteiger partial charge in [0.25, 0.3) is 23.5 Å². The first kappa shape index (κ1) is 64.9. The van der Waals surface area contributed by atoms with Crippen LogP contribution in [0.2, 0.25) is 0 Å². The lowest BCUT2D eigenvalue weighted by Gasteiger charge is -2.32. The van der Waals surface area contributed by atoms with Gasteiger partial charge in [0.2, 0.25) is 0 Å². The third kappa shape index (κ3) is 16.2. The second-order valence-electron chi connectivity index (χ2n) is 23.2. The number of nitrogen functional groups attached to an aromatic ring is 1. The van der Waals surface area contributed by atoms with E-state index in [1.807, 2.05) is 59.6 Å². The number of halogens is 3. The molecule has 0 unspecified atom stereocenters. The Morgan fingerprint density at radius 2 is 0.922 bits per heavy atom. The highest BCUT2D eigenvalue weighted by Crippen LogP contribution is 2.34. The predicted octanol–water partition coefficient (Wildman–Crippen LogP) is 11.5. The Morgan fingerprint density at radius 3 is 1.33 bits per heavy atom. The van der Waals surface area contributed by atoms with Crippen molar-refractivity contribution >= 4 is 62.2 Å². The van der Waals surface area contributed by atoms with Gasteiger partial charge in [-0.05, 0) is 172 Å². The number of carbonyl (C=O) groups excluding carboxylic acids is 4. The first-order chi connectivity index (χ1) is 43.4. The van der Waals surface area contributed by atoms with E-state index in [1.165, 1.54) is 86.8 Å². The van der Waals surface area contributed by atoms with Crippen LogP contribution in [0.15, 0.2) is 140 Å². The fraction of sp³-hybridized carbons (Fsp3) is 0.329. The van der Waals surface area contributed by atoms with Gasteiger partial charge in [-0.3, -0.25) is 23.9 Å². The number of aromatic carboxylic acids is 1. The number of hydrogen-bond donors (Lipinski definition) is 5. The molecular weight excluding hydrogens is 1150 g/mol. The Bertz CT molecular complexity index is 3930. The van der Waals surface area contributed by atoms with E-state index in [0.29, 0.717) is 64.2 Å². The van der Waals surface area contributed by atoms with Crippen LogP contribution in [0.5, 0.6) is 17.2 Å². The summed E-state index contributed by atoms with van der Waals surface area (Å²) in [5.41, 5.74) is 7.05. The number of likely N-dealkylation sites (tertiary alicyclic amines) is 2. The summed E-state index contributed by atoms with van der Waals surface area (Å²) in [5, 5.41) is 14.5. The number of H-pyrrole nitrogens is 2. The van der Waals surface area contributed by atoms with Gasteiger partial charge in [-0.25, -0.2) is 18.0 Å². The number of benzene rings is 6. The Balaban J connectivity index is 0.000000153. The van der Waals surface area contributed by atoms with Gasteiger partial charge in [-0.1, -0.05) is 36.4 Å². The minimum atomic E-state index is -0.982. The number of nitrogens with two attached hydrogens (primary N) is 1. The molecule has 3 amide bonds. The van der Waals surface area contributed by atoms with Gasteiger partial charge in [0.15, 0.2) is 0 Å². The molecule has 0 spiro atoms. The molecule has 3 aliphatic heterocycles. The van der Waals surface area contributed by atoms with E-state index in [0.717, 1.165) is 110 Å². The second kappa shape index (κ2) is 30.1. The van der Waals surface area contributed by atoms with Gasteiger partial charge < -0.3 is 55.1 Å². The van der Waals surface area contributed by atoms with Crippen LogP contribution < -0.4 is 25.4 Å². The van der Waals surface area contributed by atoms with Gasteiger partial charge in [0.1, 0.15) is 40.3 Å². The smallest absolute Gasteiger partial charge is 0.339 e. The number of hydrogen-bond acceptors (Lipinski definition) is 10. The third-order valence-electron chi connectivity index (χ3n) is 17.0. The van der Waals surface area contributed by atoms with Gasteiger partial charge >= 0.3 is 5.97 Å². The normalized spacial score (nSPS) is 14.6. The number of Topliss-reactive ketones (excluding diaryl/α,β-unsaturated/α-hetero) is 1. The maximum Gasteiger partial charge on any atom is 0.339 e. The minimum absolute atomic E-state index is 0.0233. The van der Waals surface area contributed by atoms with Gasteiger partial charge in [-0.2, -0.15) is 0 Å². The number of nitrogens with one attached hydrogen (secondary N) is 3. The molecular formula is C70H77F3N8O9. The first-order valence-corrected chi connectivity index (χ1v) is 30.2. The average molecular weight is 1230 g/mol. The maximum absolute atomic E-state index is 13.5. The van der Waals surface area contributed by atoms with Crippen LogP contribution in [-0.4, -0.2) is 139 Å². The second-order valence-corrected chi connectivity index (χ2v) is 23.2. The van der Waals surface area contributed by atoms with E-state index in [9.17, 15) is 37.1 Å². The summed E-state index contributed by atoms with van der Waals surface area (Å²) in [6.45, 7) is 4.89. The summed E-state index contributed by atoms with van der Waals surface area (Å²) in [4.78, 5) is 73.4. The number of aromatic amines is 2. The third-order valence-corrected chi connectivity index (χ3v) is 17.0. The van der Waals surface area contributed by atoms with E-state index in [1.54, 1.807) is 66.7 Å². The van der Waals surface area contributed by atoms with Crippen LogP contribution in [0, 0.1) is 35.2 Å². The van der Waals surface area contributed by atoms with Crippen LogP contribution >= 0.6 is 0 Å². The number of ketones is 1. The molecule has 12 rings (SSSR count). The molecule has 20 heteroatoms. The van der Waals surface area contributed by atoms with Gasteiger partial charge in [0, 0.05) is 104 Å². The van der Waals surface area contributed by atoms with Crippen molar-refractivity contribution in [2.75, 3.05) is 80.5 Å². The fourth-order valence-electron chi connectivity index (χ4n) is 11.9. The molecule has 0 aliphatic carbocycles. The summed E-state index contributed by atoms with van der Waals surface area (Å²) in [7, 11) is 7.52. The lowest BCUT2D eigenvalue weighted by Crippen LogP contribution is -2.39. The van der Waals surface area contributed by atoms with Crippen LogP contribution in [0.4, 0.5) is 13.2 Å². The zero-order valence-electron chi connectivity index (χ0n) is 51.3. The van der Waals surface area contributed by atoms with E-state index in [2.05, 4.69) is 15.3 Å². The molecule has 9 aromatic rings. The molecule has 6 aromatic carbocycles. The molecule has 6 heterocycles. The van der Waals surface area contributed by atoms with Gasteiger partial charge in [0.05, 0.1) is 43.5 Å². The molecule has 0 radical (unpaired) electrons. The quantitative estimate of drug-likeness (QED) is 0.0392. The van der Waals surface area contributed by atoms with Crippen molar-refractivity contribution in [2.45, 2.75) is 57.8 Å². The lowest BCUT2D eigenvalue weighted by atomic mass is 9.90. The Kier molecular flexibility index (Phi) is 21.7. The highest BCUT2D eigenvalue weighted by atomic mass is 19.1. The standard InChI is InChI=1S/C26H29FN4O4.C22H23FN2O2.C12H16FN.C10H9NO3/c1-29(2)26(34)24(32)21-15-31(28)22-14-23(35-3)20(13-19(21)22)25(33)30-10-8-17(9-11-30)12-16-4-6-18(27)7-5-16;1-27-21-14-20-17(6-9-24-20)13-19(21)22(26)25-10-7-16(8-11-25)12-15-2-4-18(23)5-3-15;13-12-3-1-10(2-4-12)9-11-5-7-14-8-6-11;1-14-9-5-8-6(2-3-11-8)4-7(9)10(12)13/h4-7,13-15,17H,8-12,28H2,1-3H3;2-6,9,13-14,16,24H,7-8,10-12H2,1H3;1-4,11,14H,5-9H2;2-5,11H,1H3,(H,12,13). The first-order valence-electron chi connectivity index (χ1n) is 30.2. The highest BCUT2D eigenvalue weighted by molar-refractivity contribution is 6.44. The minimum Gasteiger partial charge on any atom is -0.496 e. The molecule has 90 heavy (non-hydrogen) atoms. The van der Waals surface area contributed by atoms with Crippen molar-refractivity contribution in [1.82, 2.24) is 34.7 Å². The molecule has 3 aromatic heterocycles. The van der Waals surface area contributed by atoms with E-state index in [4.69, 9.17) is 25.2 Å². The number of carboxylic acids is 1. The van der Waals surface area contributed by atoms with Crippen molar-refractivity contribution in [2.24, 2.45) is 17.8 Å². The van der Waals surface area contributed by atoms with Crippen molar-refractivity contribution < 1.29 is 56.5 Å². The van der Waals surface area contributed by atoms with E-state index in [-0.39, 0.29) is 40.4 Å². The maximum atomic E-state index is 13.5. The molecule has 0 atom stereocenters. The predicted molar refractivity (Wildman–Crippen MR) is 341 cm³/mol. The number of methoxy groups -OCH3 is 3. The van der Waals surface area contributed by atoms with Crippen molar-refractivity contribution in [3.8, 4) is 17.2 Å². The topological polar surface area (TPSA) is 218 Å². The molecule has 0 bridgehead atoms. The lowest BCUT2D eigenvalue weighted by molar-refractivity contribution is -0.124. The molecule has 3 saturated heterocycles. The van der Waals surface area contributed by atoms with Crippen molar-refractivity contribution in [3.05, 3.63) is 196 Å².